The number of ether oxygens (including phenoxy) is 1. The molecule has 5 heteroatoms. The van der Waals surface area contributed by atoms with E-state index >= 15 is 0 Å². The Morgan fingerprint density at radius 2 is 1.92 bits per heavy atom. The summed E-state index contributed by atoms with van der Waals surface area (Å²) in [5, 5.41) is 0.495. The number of rotatable bonds is 2. The van der Waals surface area contributed by atoms with E-state index in [2.05, 4.69) is 0 Å². The highest BCUT2D eigenvalue weighted by molar-refractivity contribution is 5.98. The van der Waals surface area contributed by atoms with Gasteiger partial charge in [-0.2, -0.15) is 0 Å². The van der Waals surface area contributed by atoms with Gasteiger partial charge in [0.05, 0.1) is 24.1 Å². The van der Waals surface area contributed by atoms with Gasteiger partial charge in [-0.05, 0) is 36.8 Å². The third-order valence-corrected chi connectivity index (χ3v) is 4.67. The van der Waals surface area contributed by atoms with Crippen LogP contribution in [0.5, 0.6) is 5.75 Å². The van der Waals surface area contributed by atoms with E-state index in [4.69, 9.17) is 9.15 Å². The summed E-state index contributed by atoms with van der Waals surface area (Å²) in [7, 11) is 3.26. The summed E-state index contributed by atoms with van der Waals surface area (Å²) in [6.45, 7) is 1.92. The molecule has 0 radical (unpaired) electrons. The average molecular weight is 335 g/mol. The minimum absolute atomic E-state index is 0.122. The largest absolute Gasteiger partial charge is 0.497 e. The Kier molecular flexibility index (Phi) is 3.39. The van der Waals surface area contributed by atoms with Gasteiger partial charge in [0.2, 0.25) is 5.76 Å². The third kappa shape index (κ3) is 2.23. The Bertz CT molecular complexity index is 1070. The van der Waals surface area contributed by atoms with Gasteiger partial charge in [-0.3, -0.25) is 9.59 Å². The fourth-order valence-electron chi connectivity index (χ4n) is 3.40. The second-order valence-electron chi connectivity index (χ2n) is 6.27. The van der Waals surface area contributed by atoms with Crippen LogP contribution in [0.25, 0.3) is 11.0 Å². The highest BCUT2D eigenvalue weighted by Gasteiger charge is 2.40. The van der Waals surface area contributed by atoms with Crippen LogP contribution >= 0.6 is 0 Å². The van der Waals surface area contributed by atoms with E-state index in [1.165, 1.54) is 4.90 Å². The van der Waals surface area contributed by atoms with Crippen LogP contribution in [0.2, 0.25) is 0 Å². The van der Waals surface area contributed by atoms with Crippen LogP contribution in [0.3, 0.4) is 0 Å². The summed E-state index contributed by atoms with van der Waals surface area (Å²) in [4.78, 5) is 27.3. The van der Waals surface area contributed by atoms with Crippen LogP contribution in [0, 0.1) is 6.92 Å². The lowest BCUT2D eigenvalue weighted by Gasteiger charge is -2.20. The van der Waals surface area contributed by atoms with Gasteiger partial charge in [0, 0.05) is 7.05 Å². The second kappa shape index (κ2) is 5.48. The van der Waals surface area contributed by atoms with Crippen LogP contribution in [0.15, 0.2) is 51.7 Å². The van der Waals surface area contributed by atoms with Crippen molar-refractivity contribution >= 4 is 16.9 Å². The summed E-state index contributed by atoms with van der Waals surface area (Å²) in [5.41, 5.74) is 2.44. The van der Waals surface area contributed by atoms with Gasteiger partial charge in [-0.25, -0.2) is 0 Å². The molecule has 126 valence electrons. The van der Waals surface area contributed by atoms with Crippen molar-refractivity contribution in [3.8, 4) is 5.75 Å². The molecule has 2 heterocycles. The standard InChI is InChI=1S/C20H17NO4/c1-11-7-8-15-14(9-11)18(22)16-17(21(2)20(23)19(16)25-15)12-5-4-6-13(10-12)24-3/h4-10,17H,1-3H3/t17-/m0/s1. The molecule has 0 unspecified atom stereocenters. The molecule has 1 atom stereocenters. The van der Waals surface area contributed by atoms with Crippen molar-refractivity contribution in [1.82, 2.24) is 4.90 Å². The Hall–Kier alpha value is -3.08. The maximum Gasteiger partial charge on any atom is 0.290 e. The van der Waals surface area contributed by atoms with Crippen LogP contribution in [-0.4, -0.2) is 25.0 Å². The zero-order chi connectivity index (χ0) is 17.7. The number of carbonyl (C=O) groups excluding carboxylic acids is 1. The highest BCUT2D eigenvalue weighted by atomic mass is 16.5. The first kappa shape index (κ1) is 15.4. The lowest BCUT2D eigenvalue weighted by Crippen LogP contribution is -2.25. The number of aryl methyl sites for hydroxylation is 1. The van der Waals surface area contributed by atoms with Crippen molar-refractivity contribution in [2.24, 2.45) is 0 Å². The monoisotopic (exact) mass is 335 g/mol. The molecular formula is C20H17NO4. The van der Waals surface area contributed by atoms with E-state index in [0.29, 0.717) is 22.3 Å². The van der Waals surface area contributed by atoms with Gasteiger partial charge in [0.15, 0.2) is 5.43 Å². The summed E-state index contributed by atoms with van der Waals surface area (Å²) >= 11 is 0. The molecule has 0 N–H and O–H groups in total. The molecular weight excluding hydrogens is 318 g/mol. The minimum Gasteiger partial charge on any atom is -0.497 e. The molecule has 1 aliphatic heterocycles. The van der Waals surface area contributed by atoms with Gasteiger partial charge >= 0.3 is 0 Å². The maximum absolute atomic E-state index is 13.1. The predicted octanol–water partition coefficient (Wildman–Crippen LogP) is 3.29. The fraction of sp³-hybridized carbons (Fsp3) is 0.200. The van der Waals surface area contributed by atoms with E-state index in [1.54, 1.807) is 26.3 Å². The SMILES string of the molecule is COc1cccc([C@H]2c3c(oc4ccc(C)cc4c3=O)C(=O)N2C)c1. The van der Waals surface area contributed by atoms with Crippen LogP contribution in [-0.2, 0) is 0 Å². The van der Waals surface area contributed by atoms with Gasteiger partial charge in [0.25, 0.3) is 5.91 Å². The first-order valence-electron chi connectivity index (χ1n) is 7.99. The molecule has 5 nitrogen and oxygen atoms in total. The molecule has 3 aromatic rings. The van der Waals surface area contributed by atoms with Crippen molar-refractivity contribution in [2.75, 3.05) is 14.2 Å². The first-order chi connectivity index (χ1) is 12.0. The molecule has 2 aromatic carbocycles. The summed E-state index contributed by atoms with van der Waals surface area (Å²) in [6, 6.07) is 12.3. The summed E-state index contributed by atoms with van der Waals surface area (Å²) in [6.07, 6.45) is 0. The molecule has 0 spiro atoms. The van der Waals surface area contributed by atoms with Gasteiger partial charge in [-0.1, -0.05) is 23.8 Å². The predicted molar refractivity (Wildman–Crippen MR) is 94.2 cm³/mol. The number of fused-ring (bicyclic) bond motifs is 2. The Morgan fingerprint density at radius 1 is 1.12 bits per heavy atom. The van der Waals surface area contributed by atoms with E-state index in [9.17, 15) is 9.59 Å². The molecule has 0 aliphatic carbocycles. The molecule has 0 saturated carbocycles. The average Bonchev–Trinajstić information content (AvgIpc) is 2.87. The molecule has 0 bridgehead atoms. The quantitative estimate of drug-likeness (QED) is 0.721. The van der Waals surface area contributed by atoms with Crippen molar-refractivity contribution < 1.29 is 13.9 Å². The molecule has 4 rings (SSSR count). The van der Waals surface area contributed by atoms with E-state index < -0.39 is 6.04 Å². The molecule has 0 fully saturated rings. The smallest absolute Gasteiger partial charge is 0.290 e. The van der Waals surface area contributed by atoms with Gasteiger partial charge in [0.1, 0.15) is 11.3 Å². The second-order valence-corrected chi connectivity index (χ2v) is 6.27. The highest BCUT2D eigenvalue weighted by Crippen LogP contribution is 2.37. The lowest BCUT2D eigenvalue weighted by molar-refractivity contribution is 0.0771. The lowest BCUT2D eigenvalue weighted by atomic mass is 9.98. The molecule has 1 aromatic heterocycles. The normalized spacial score (nSPS) is 16.4. The van der Waals surface area contributed by atoms with Crippen molar-refractivity contribution in [3.63, 3.8) is 0 Å². The number of benzene rings is 2. The number of hydrogen-bond acceptors (Lipinski definition) is 4. The molecule has 1 amide bonds. The van der Waals surface area contributed by atoms with Crippen molar-refractivity contribution in [2.45, 2.75) is 13.0 Å². The van der Waals surface area contributed by atoms with Crippen molar-refractivity contribution in [1.29, 1.82) is 0 Å². The molecule has 0 saturated heterocycles. The Morgan fingerprint density at radius 3 is 2.68 bits per heavy atom. The number of hydrogen-bond donors (Lipinski definition) is 0. The van der Waals surface area contributed by atoms with Gasteiger partial charge < -0.3 is 14.1 Å². The fourth-order valence-corrected chi connectivity index (χ4v) is 3.40. The Balaban J connectivity index is 2.01. The molecule has 25 heavy (non-hydrogen) atoms. The molecule has 1 aliphatic rings. The maximum atomic E-state index is 13.1. The van der Waals surface area contributed by atoms with Gasteiger partial charge in [-0.15, -0.1) is 0 Å². The topological polar surface area (TPSA) is 59.8 Å². The summed E-state index contributed by atoms with van der Waals surface area (Å²) in [5.74, 6) is 0.506. The van der Waals surface area contributed by atoms with E-state index in [-0.39, 0.29) is 17.1 Å². The first-order valence-corrected chi connectivity index (χ1v) is 7.99. The minimum atomic E-state index is -0.487. The third-order valence-electron chi connectivity index (χ3n) is 4.67. The Labute approximate surface area is 144 Å². The number of methoxy groups -OCH3 is 1. The number of amides is 1. The summed E-state index contributed by atoms with van der Waals surface area (Å²) < 4.78 is 11.1. The number of nitrogens with zero attached hydrogens (tertiary/aromatic N) is 1. The van der Waals surface area contributed by atoms with Crippen LogP contribution < -0.4 is 10.2 Å². The van der Waals surface area contributed by atoms with E-state index in [0.717, 1.165) is 11.1 Å². The zero-order valence-electron chi connectivity index (χ0n) is 14.2. The number of carbonyl (C=O) groups is 1. The van der Waals surface area contributed by atoms with Crippen LogP contribution in [0.4, 0.5) is 0 Å². The van der Waals surface area contributed by atoms with Crippen LogP contribution in [0.1, 0.15) is 33.3 Å². The van der Waals surface area contributed by atoms with Crippen molar-refractivity contribution in [3.05, 3.63) is 75.1 Å². The van der Waals surface area contributed by atoms with E-state index in [1.807, 2.05) is 37.3 Å². The zero-order valence-corrected chi connectivity index (χ0v) is 14.2.